The normalized spacial score (nSPS) is 10.4. The van der Waals surface area contributed by atoms with E-state index in [2.05, 4.69) is 20.8 Å². The number of carbonyl (C=O) groups excluding carboxylic acids is 1. The maximum absolute atomic E-state index is 14.4. The summed E-state index contributed by atoms with van der Waals surface area (Å²) in [6.45, 7) is -0.110. The molecule has 0 atom stereocenters. The lowest BCUT2D eigenvalue weighted by Crippen LogP contribution is -2.19. The van der Waals surface area contributed by atoms with E-state index in [1.165, 1.54) is 12.1 Å². The lowest BCUT2D eigenvalue weighted by molar-refractivity contribution is 0.253. The van der Waals surface area contributed by atoms with Crippen LogP contribution in [0, 0.1) is 5.82 Å². The summed E-state index contributed by atoms with van der Waals surface area (Å²) in [5.74, 6) is 0.568. The van der Waals surface area contributed by atoms with Gasteiger partial charge >= 0.3 is 6.03 Å². The van der Waals surface area contributed by atoms with Gasteiger partial charge in [0.15, 0.2) is 18.2 Å². The maximum Gasteiger partial charge on any atom is 0.323 e. The smallest absolute Gasteiger partial charge is 0.323 e. The summed E-state index contributed by atoms with van der Waals surface area (Å²) in [4.78, 5) is 12.0. The number of para-hydroxylation sites is 1. The highest BCUT2D eigenvalue weighted by molar-refractivity contribution is 5.99. The Bertz CT molecular complexity index is 1200. The van der Waals surface area contributed by atoms with Crippen molar-refractivity contribution in [3.8, 4) is 23.0 Å². The van der Waals surface area contributed by atoms with Crippen molar-refractivity contribution in [3.63, 3.8) is 0 Å². The fraction of sp³-hybridized carbons (Fsp3) is 0.0870. The number of aromatic nitrogens is 2. The van der Waals surface area contributed by atoms with E-state index in [9.17, 15) is 9.18 Å². The highest BCUT2D eigenvalue weighted by Gasteiger charge is 2.12. The first kappa shape index (κ1) is 20.9. The number of hydrogen-bond acceptors (Lipinski definition) is 6. The Balaban J connectivity index is 1.34. The molecule has 3 aromatic carbocycles. The fourth-order valence-electron chi connectivity index (χ4n) is 2.81. The topological polar surface area (TPSA) is 98.5 Å². The zero-order chi connectivity index (χ0) is 22.3. The number of ether oxygens (including phenoxy) is 2. The van der Waals surface area contributed by atoms with Crippen molar-refractivity contribution < 1.29 is 23.1 Å². The fourth-order valence-corrected chi connectivity index (χ4v) is 2.81. The highest BCUT2D eigenvalue weighted by Crippen LogP contribution is 2.24. The number of rotatable bonds is 7. The van der Waals surface area contributed by atoms with Gasteiger partial charge in [-0.1, -0.05) is 18.2 Å². The van der Waals surface area contributed by atoms with Crippen molar-refractivity contribution >= 4 is 17.4 Å². The van der Waals surface area contributed by atoms with Gasteiger partial charge < -0.3 is 24.5 Å². The van der Waals surface area contributed by atoms with E-state index in [-0.39, 0.29) is 23.9 Å². The van der Waals surface area contributed by atoms with Gasteiger partial charge in [0.2, 0.25) is 5.89 Å². The van der Waals surface area contributed by atoms with E-state index in [4.69, 9.17) is 13.9 Å². The molecule has 0 aliphatic rings. The third-order valence-electron chi connectivity index (χ3n) is 4.38. The zero-order valence-corrected chi connectivity index (χ0v) is 17.0. The Morgan fingerprint density at radius 1 is 0.969 bits per heavy atom. The van der Waals surface area contributed by atoms with Crippen LogP contribution in [0.5, 0.6) is 11.5 Å². The summed E-state index contributed by atoms with van der Waals surface area (Å²) < 4.78 is 30.5. The molecule has 1 aromatic heterocycles. The van der Waals surface area contributed by atoms with Crippen LogP contribution < -0.4 is 20.1 Å². The van der Waals surface area contributed by atoms with Crippen LogP contribution in [0.15, 0.2) is 77.2 Å². The molecule has 32 heavy (non-hydrogen) atoms. The van der Waals surface area contributed by atoms with Crippen LogP contribution in [0.25, 0.3) is 11.5 Å². The highest BCUT2D eigenvalue weighted by atomic mass is 19.1. The number of nitrogens with one attached hydrogen (secondary N) is 2. The van der Waals surface area contributed by atoms with E-state index >= 15 is 0 Å². The second kappa shape index (κ2) is 9.61. The molecule has 4 rings (SSSR count). The average Bonchev–Trinajstić information content (AvgIpc) is 3.28. The minimum absolute atomic E-state index is 0.0109. The molecule has 162 valence electrons. The molecule has 0 radical (unpaired) electrons. The van der Waals surface area contributed by atoms with Crippen LogP contribution in [-0.2, 0) is 6.61 Å². The molecule has 8 nitrogen and oxygen atoms in total. The van der Waals surface area contributed by atoms with E-state index in [1.54, 1.807) is 55.6 Å². The van der Waals surface area contributed by atoms with Crippen LogP contribution in [-0.4, -0.2) is 23.3 Å². The number of benzene rings is 3. The van der Waals surface area contributed by atoms with Crippen molar-refractivity contribution in [1.82, 2.24) is 10.2 Å². The van der Waals surface area contributed by atoms with Crippen molar-refractivity contribution in [2.45, 2.75) is 6.61 Å². The summed E-state index contributed by atoms with van der Waals surface area (Å²) in [6, 6.07) is 19.7. The Morgan fingerprint density at radius 2 is 1.72 bits per heavy atom. The van der Waals surface area contributed by atoms with Gasteiger partial charge in [0.05, 0.1) is 7.11 Å². The standard InChI is InChI=1S/C23H19FN4O4/c1-30-18-10-7-15(8-11-18)22-28-27-21(32-22)14-31-20-12-9-17(13-19(20)24)26-23(29)25-16-5-3-2-4-6-16/h2-13H,14H2,1H3,(H2,25,26,29). The zero-order valence-electron chi connectivity index (χ0n) is 17.0. The minimum atomic E-state index is -0.641. The van der Waals surface area contributed by atoms with Crippen LogP contribution >= 0.6 is 0 Å². The summed E-state index contributed by atoms with van der Waals surface area (Å²) in [5.41, 5.74) is 1.63. The van der Waals surface area contributed by atoms with Crippen LogP contribution in [0.1, 0.15) is 5.89 Å². The third-order valence-corrected chi connectivity index (χ3v) is 4.38. The number of nitrogens with zero attached hydrogens (tertiary/aromatic N) is 2. The number of methoxy groups -OCH3 is 1. The number of carbonyl (C=O) groups is 1. The predicted molar refractivity (Wildman–Crippen MR) is 116 cm³/mol. The summed E-state index contributed by atoms with van der Waals surface area (Å²) >= 11 is 0. The second-order valence-electron chi connectivity index (χ2n) is 6.61. The van der Waals surface area contributed by atoms with Crippen molar-refractivity contribution in [2.24, 2.45) is 0 Å². The number of hydrogen-bond donors (Lipinski definition) is 2. The van der Waals surface area contributed by atoms with Crippen LogP contribution in [0.3, 0.4) is 0 Å². The molecule has 2 amide bonds. The van der Waals surface area contributed by atoms with Crippen molar-refractivity contribution in [1.29, 1.82) is 0 Å². The largest absolute Gasteiger partial charge is 0.497 e. The Labute approximate surface area is 183 Å². The molecule has 0 unspecified atom stereocenters. The molecular formula is C23H19FN4O4. The molecule has 0 bridgehead atoms. The van der Waals surface area contributed by atoms with Gasteiger partial charge in [-0.25, -0.2) is 9.18 Å². The Morgan fingerprint density at radius 3 is 2.44 bits per heavy atom. The maximum atomic E-state index is 14.4. The van der Waals surface area contributed by atoms with E-state index in [0.29, 0.717) is 17.3 Å². The molecule has 0 aliphatic heterocycles. The predicted octanol–water partition coefficient (Wildman–Crippen LogP) is 5.11. The van der Waals surface area contributed by atoms with Crippen LogP contribution in [0.2, 0.25) is 0 Å². The molecule has 0 aliphatic carbocycles. The molecule has 0 fully saturated rings. The van der Waals surface area contributed by atoms with Gasteiger partial charge in [-0.3, -0.25) is 0 Å². The van der Waals surface area contributed by atoms with Gasteiger partial charge in [0.1, 0.15) is 5.75 Å². The van der Waals surface area contributed by atoms with E-state index in [1.807, 2.05) is 6.07 Å². The van der Waals surface area contributed by atoms with Crippen molar-refractivity contribution in [3.05, 3.63) is 84.5 Å². The SMILES string of the molecule is COc1ccc(-c2nnc(COc3ccc(NC(=O)Nc4ccccc4)cc3F)o2)cc1. The van der Waals surface area contributed by atoms with Gasteiger partial charge in [-0.15, -0.1) is 10.2 Å². The lowest BCUT2D eigenvalue weighted by atomic mass is 10.2. The molecular weight excluding hydrogens is 415 g/mol. The quantitative estimate of drug-likeness (QED) is 0.420. The molecule has 0 saturated heterocycles. The molecule has 0 saturated carbocycles. The van der Waals surface area contributed by atoms with E-state index in [0.717, 1.165) is 11.6 Å². The second-order valence-corrected chi connectivity index (χ2v) is 6.61. The molecule has 0 spiro atoms. The first-order chi connectivity index (χ1) is 15.6. The number of urea groups is 1. The minimum Gasteiger partial charge on any atom is -0.497 e. The lowest BCUT2D eigenvalue weighted by Gasteiger charge is -2.09. The molecule has 2 N–H and O–H groups in total. The summed E-state index contributed by atoms with van der Waals surface area (Å²) in [5, 5.41) is 13.1. The van der Waals surface area contributed by atoms with Gasteiger partial charge in [-0.2, -0.15) is 0 Å². The molecule has 4 aromatic rings. The first-order valence-electron chi connectivity index (χ1n) is 9.63. The van der Waals surface area contributed by atoms with Crippen LogP contribution in [0.4, 0.5) is 20.6 Å². The van der Waals surface area contributed by atoms with Crippen molar-refractivity contribution in [2.75, 3.05) is 17.7 Å². The summed E-state index contributed by atoms with van der Waals surface area (Å²) in [7, 11) is 1.58. The monoisotopic (exact) mass is 434 g/mol. The third kappa shape index (κ3) is 5.20. The van der Waals surface area contributed by atoms with E-state index < -0.39 is 11.8 Å². The molecule has 1 heterocycles. The average molecular weight is 434 g/mol. The number of halogens is 1. The van der Waals surface area contributed by atoms with Gasteiger partial charge in [-0.05, 0) is 48.5 Å². The van der Waals surface area contributed by atoms with Gasteiger partial charge in [0, 0.05) is 23.0 Å². The Kier molecular flexibility index (Phi) is 6.26. The van der Waals surface area contributed by atoms with Gasteiger partial charge in [0.25, 0.3) is 5.89 Å². The molecule has 9 heteroatoms. The number of amides is 2. The number of anilines is 2. The summed E-state index contributed by atoms with van der Waals surface area (Å²) in [6.07, 6.45) is 0. The first-order valence-corrected chi connectivity index (χ1v) is 9.63. The Hall–Kier alpha value is -4.40.